The van der Waals surface area contributed by atoms with E-state index in [1.54, 1.807) is 13.0 Å². The molecule has 0 atom stereocenters. The molecule has 0 aromatic carbocycles. The fourth-order valence-electron chi connectivity index (χ4n) is 1.51. The predicted octanol–water partition coefficient (Wildman–Crippen LogP) is 3.00. The molecule has 1 amide bonds. The van der Waals surface area contributed by atoms with Gasteiger partial charge in [-0.25, -0.2) is 4.79 Å². The Hall–Kier alpha value is -1.66. The molecule has 0 fully saturated rings. The Kier molecular flexibility index (Phi) is 3.78. The van der Waals surface area contributed by atoms with Gasteiger partial charge in [-0.3, -0.25) is 4.79 Å². The average molecular weight is 281 g/mol. The van der Waals surface area contributed by atoms with Gasteiger partial charge in [0.2, 0.25) is 5.91 Å². The summed E-state index contributed by atoms with van der Waals surface area (Å²) in [5, 5.41) is 14.1. The van der Waals surface area contributed by atoms with Gasteiger partial charge in [0, 0.05) is 4.88 Å². The molecule has 0 aliphatic carbocycles. The first-order valence-electron chi connectivity index (χ1n) is 5.22. The molecule has 0 radical (unpaired) electrons. The standard InChI is InChI=1S/C12H11NO3S2/c1-7-5-10(18-11(7)12(15)16)13-9(14)6-8-3-2-4-17-8/h2-5H,6H2,1H3,(H,13,14)(H,15,16). The molecular formula is C12H11NO3S2. The Morgan fingerprint density at radius 2 is 2.22 bits per heavy atom. The maximum atomic E-state index is 11.7. The van der Waals surface area contributed by atoms with Gasteiger partial charge in [0.1, 0.15) is 4.88 Å². The molecule has 2 heterocycles. The normalized spacial score (nSPS) is 10.3. The van der Waals surface area contributed by atoms with Gasteiger partial charge in [-0.2, -0.15) is 0 Å². The number of carbonyl (C=O) groups excluding carboxylic acids is 1. The third kappa shape index (κ3) is 2.96. The highest BCUT2D eigenvalue weighted by Gasteiger charge is 2.13. The zero-order valence-electron chi connectivity index (χ0n) is 9.60. The Labute approximate surface area is 112 Å². The topological polar surface area (TPSA) is 66.4 Å². The monoisotopic (exact) mass is 281 g/mol. The zero-order chi connectivity index (χ0) is 13.1. The molecule has 0 bridgehead atoms. The van der Waals surface area contributed by atoms with Crippen molar-refractivity contribution in [3.8, 4) is 0 Å². The van der Waals surface area contributed by atoms with Gasteiger partial charge in [0.25, 0.3) is 0 Å². The molecule has 2 rings (SSSR count). The third-order valence-corrected chi connectivity index (χ3v) is 4.31. The van der Waals surface area contributed by atoms with Crippen LogP contribution in [0.5, 0.6) is 0 Å². The molecule has 0 aliphatic rings. The summed E-state index contributed by atoms with van der Waals surface area (Å²) in [6.45, 7) is 1.72. The minimum Gasteiger partial charge on any atom is -0.477 e. The fraction of sp³-hybridized carbons (Fsp3) is 0.167. The number of thiophene rings is 2. The van der Waals surface area contributed by atoms with Crippen LogP contribution in [0.2, 0.25) is 0 Å². The summed E-state index contributed by atoms with van der Waals surface area (Å²) in [5.74, 6) is -1.09. The van der Waals surface area contributed by atoms with Crippen LogP contribution in [0.3, 0.4) is 0 Å². The average Bonchev–Trinajstić information content (AvgIpc) is 2.88. The van der Waals surface area contributed by atoms with E-state index in [0.29, 0.717) is 17.0 Å². The Balaban J connectivity index is 2.03. The van der Waals surface area contributed by atoms with Gasteiger partial charge in [-0.15, -0.1) is 22.7 Å². The van der Waals surface area contributed by atoms with Gasteiger partial charge >= 0.3 is 5.97 Å². The lowest BCUT2D eigenvalue weighted by molar-refractivity contribution is -0.115. The van der Waals surface area contributed by atoms with E-state index in [0.717, 1.165) is 16.2 Å². The number of aromatic carboxylic acids is 1. The molecule has 18 heavy (non-hydrogen) atoms. The van der Waals surface area contributed by atoms with Crippen molar-refractivity contribution in [2.75, 3.05) is 5.32 Å². The molecule has 2 N–H and O–H groups in total. The quantitative estimate of drug-likeness (QED) is 0.905. The molecule has 4 nitrogen and oxygen atoms in total. The molecule has 2 aromatic rings. The maximum Gasteiger partial charge on any atom is 0.346 e. The number of nitrogens with one attached hydrogen (secondary N) is 1. The molecule has 94 valence electrons. The van der Waals surface area contributed by atoms with E-state index in [1.807, 2.05) is 17.5 Å². The summed E-state index contributed by atoms with van der Waals surface area (Å²) in [6, 6.07) is 5.47. The summed E-state index contributed by atoms with van der Waals surface area (Å²) in [4.78, 5) is 23.9. The van der Waals surface area contributed by atoms with Gasteiger partial charge in [-0.1, -0.05) is 6.07 Å². The van der Waals surface area contributed by atoms with E-state index < -0.39 is 5.97 Å². The highest BCUT2D eigenvalue weighted by Crippen LogP contribution is 2.26. The van der Waals surface area contributed by atoms with E-state index in [4.69, 9.17) is 5.11 Å². The largest absolute Gasteiger partial charge is 0.477 e. The van der Waals surface area contributed by atoms with Crippen molar-refractivity contribution in [1.29, 1.82) is 0 Å². The lowest BCUT2D eigenvalue weighted by Crippen LogP contribution is -2.12. The first-order chi connectivity index (χ1) is 8.56. The second-order valence-corrected chi connectivity index (χ2v) is 5.82. The van der Waals surface area contributed by atoms with Crippen molar-refractivity contribution in [2.45, 2.75) is 13.3 Å². The summed E-state index contributed by atoms with van der Waals surface area (Å²) in [6.07, 6.45) is 0.316. The number of aryl methyl sites for hydroxylation is 1. The number of hydrogen-bond acceptors (Lipinski definition) is 4. The highest BCUT2D eigenvalue weighted by molar-refractivity contribution is 7.18. The molecule has 0 saturated heterocycles. The SMILES string of the molecule is Cc1cc(NC(=O)Cc2cccs2)sc1C(=O)O. The van der Waals surface area contributed by atoms with E-state index in [2.05, 4.69) is 5.32 Å². The van der Waals surface area contributed by atoms with Crippen LogP contribution in [0.15, 0.2) is 23.6 Å². The van der Waals surface area contributed by atoms with Crippen molar-refractivity contribution in [3.05, 3.63) is 38.9 Å². The number of hydrogen-bond donors (Lipinski definition) is 2. The van der Waals surface area contributed by atoms with E-state index >= 15 is 0 Å². The van der Waals surface area contributed by atoms with Crippen molar-refractivity contribution in [2.24, 2.45) is 0 Å². The number of carboxylic acids is 1. The fourth-order valence-corrected chi connectivity index (χ4v) is 3.14. The Bertz CT molecular complexity index is 572. The summed E-state index contributed by atoms with van der Waals surface area (Å²) in [5.41, 5.74) is 0.666. The third-order valence-electron chi connectivity index (χ3n) is 2.29. The molecule has 0 aliphatic heterocycles. The second-order valence-electron chi connectivity index (χ2n) is 3.73. The maximum absolute atomic E-state index is 11.7. The highest BCUT2D eigenvalue weighted by atomic mass is 32.1. The number of amides is 1. The van der Waals surface area contributed by atoms with E-state index in [1.165, 1.54) is 11.3 Å². The molecular weight excluding hydrogens is 270 g/mol. The van der Waals surface area contributed by atoms with Crippen LogP contribution >= 0.6 is 22.7 Å². The smallest absolute Gasteiger partial charge is 0.346 e. The minimum absolute atomic E-state index is 0.129. The Morgan fingerprint density at radius 1 is 1.44 bits per heavy atom. The predicted molar refractivity (Wildman–Crippen MR) is 72.7 cm³/mol. The van der Waals surface area contributed by atoms with E-state index in [-0.39, 0.29) is 10.8 Å². The zero-order valence-corrected chi connectivity index (χ0v) is 11.2. The number of carbonyl (C=O) groups is 2. The number of anilines is 1. The van der Waals surface area contributed by atoms with Crippen LogP contribution in [0.25, 0.3) is 0 Å². The van der Waals surface area contributed by atoms with Gasteiger partial charge in [-0.05, 0) is 30.0 Å². The molecule has 2 aromatic heterocycles. The van der Waals surface area contributed by atoms with E-state index in [9.17, 15) is 9.59 Å². The van der Waals surface area contributed by atoms with Crippen molar-refractivity contribution < 1.29 is 14.7 Å². The van der Waals surface area contributed by atoms with Crippen LogP contribution in [0.4, 0.5) is 5.00 Å². The van der Waals surface area contributed by atoms with Crippen molar-refractivity contribution in [1.82, 2.24) is 0 Å². The minimum atomic E-state index is -0.962. The lowest BCUT2D eigenvalue weighted by atomic mass is 10.3. The van der Waals surface area contributed by atoms with Crippen LogP contribution in [-0.4, -0.2) is 17.0 Å². The molecule has 6 heteroatoms. The van der Waals surface area contributed by atoms with Gasteiger partial charge < -0.3 is 10.4 Å². The molecule has 0 unspecified atom stereocenters. The first-order valence-corrected chi connectivity index (χ1v) is 6.92. The Morgan fingerprint density at radius 3 is 2.78 bits per heavy atom. The van der Waals surface area contributed by atoms with Gasteiger partial charge in [0.05, 0.1) is 11.4 Å². The van der Waals surface area contributed by atoms with Crippen LogP contribution < -0.4 is 5.32 Å². The summed E-state index contributed by atoms with van der Waals surface area (Å²) < 4.78 is 0. The summed E-state index contributed by atoms with van der Waals surface area (Å²) in [7, 11) is 0. The first kappa shape index (κ1) is 12.8. The number of rotatable bonds is 4. The second kappa shape index (κ2) is 5.32. The number of carboxylic acid groups (broad SMARTS) is 1. The molecule has 0 saturated carbocycles. The molecule has 0 spiro atoms. The van der Waals surface area contributed by atoms with Gasteiger partial charge in [0.15, 0.2) is 0 Å². The summed E-state index contributed by atoms with van der Waals surface area (Å²) >= 11 is 2.60. The van der Waals surface area contributed by atoms with Crippen LogP contribution in [0, 0.1) is 6.92 Å². The van der Waals surface area contributed by atoms with Crippen LogP contribution in [0.1, 0.15) is 20.1 Å². The van der Waals surface area contributed by atoms with Crippen molar-refractivity contribution >= 4 is 39.6 Å². The van der Waals surface area contributed by atoms with Crippen LogP contribution in [-0.2, 0) is 11.2 Å². The van der Waals surface area contributed by atoms with Crippen molar-refractivity contribution in [3.63, 3.8) is 0 Å². The lowest BCUT2D eigenvalue weighted by Gasteiger charge is -1.99.